The highest BCUT2D eigenvalue weighted by atomic mass is 16.5. The largest absolute Gasteiger partial charge is 0.508 e. The van der Waals surface area contributed by atoms with Crippen molar-refractivity contribution in [2.24, 2.45) is 0 Å². The highest BCUT2D eigenvalue weighted by Crippen LogP contribution is 2.20. The molecule has 2 amide bonds. The first kappa shape index (κ1) is 18.1. The second-order valence-corrected chi connectivity index (χ2v) is 5.21. The molecule has 132 valence electrons. The summed E-state index contributed by atoms with van der Waals surface area (Å²) in [6, 6.07) is 10.4. The van der Waals surface area contributed by atoms with E-state index in [0.717, 1.165) is 6.07 Å². The summed E-state index contributed by atoms with van der Waals surface area (Å²) in [6.07, 6.45) is 0. The molecule has 0 unspecified atom stereocenters. The molecule has 0 heterocycles. The fraction of sp³-hybridized carbons (Fsp3) is 0.222. The predicted octanol–water partition coefficient (Wildman–Crippen LogP) is 1.66. The Kier molecular flexibility index (Phi) is 6.22. The Hall–Kier alpha value is -3.22. The maximum atomic E-state index is 12.0. The van der Waals surface area contributed by atoms with Crippen LogP contribution in [0, 0.1) is 0 Å². The second-order valence-electron chi connectivity index (χ2n) is 5.21. The number of carbonyl (C=O) groups excluding carboxylic acids is 2. The minimum atomic E-state index is -0.457. The van der Waals surface area contributed by atoms with E-state index in [1.807, 2.05) is 6.92 Å². The van der Waals surface area contributed by atoms with Crippen LogP contribution in [0.15, 0.2) is 42.5 Å². The maximum Gasteiger partial charge on any atom is 0.251 e. The third-order valence-electron chi connectivity index (χ3n) is 3.29. The van der Waals surface area contributed by atoms with Crippen LogP contribution in [-0.4, -0.2) is 41.7 Å². The van der Waals surface area contributed by atoms with E-state index in [1.54, 1.807) is 24.3 Å². The predicted molar refractivity (Wildman–Crippen MR) is 92.0 cm³/mol. The number of amides is 2. The number of nitrogens with one attached hydrogen (secondary N) is 2. The van der Waals surface area contributed by atoms with Crippen molar-refractivity contribution >= 4 is 11.8 Å². The summed E-state index contributed by atoms with van der Waals surface area (Å²) in [4.78, 5) is 23.9. The Morgan fingerprint density at radius 1 is 0.880 bits per heavy atom. The monoisotopic (exact) mass is 344 g/mol. The number of rotatable bonds is 7. The van der Waals surface area contributed by atoms with Crippen LogP contribution in [0.25, 0.3) is 0 Å². The molecule has 0 bridgehead atoms. The summed E-state index contributed by atoms with van der Waals surface area (Å²) >= 11 is 0. The van der Waals surface area contributed by atoms with Gasteiger partial charge in [-0.15, -0.1) is 0 Å². The first-order valence-corrected chi connectivity index (χ1v) is 7.82. The Morgan fingerprint density at radius 3 is 1.92 bits per heavy atom. The van der Waals surface area contributed by atoms with Crippen LogP contribution >= 0.6 is 0 Å². The average molecular weight is 344 g/mol. The van der Waals surface area contributed by atoms with E-state index in [9.17, 15) is 19.8 Å². The summed E-state index contributed by atoms with van der Waals surface area (Å²) in [5.74, 6) is -0.419. The van der Waals surface area contributed by atoms with Crippen molar-refractivity contribution in [3.05, 3.63) is 53.6 Å². The van der Waals surface area contributed by atoms with Gasteiger partial charge in [0.1, 0.15) is 17.2 Å². The molecule has 4 N–H and O–H groups in total. The zero-order valence-corrected chi connectivity index (χ0v) is 13.8. The van der Waals surface area contributed by atoms with Crippen molar-refractivity contribution in [1.82, 2.24) is 10.6 Å². The average Bonchev–Trinajstić information content (AvgIpc) is 2.58. The van der Waals surface area contributed by atoms with Gasteiger partial charge in [0.05, 0.1) is 6.61 Å². The molecule has 2 aromatic rings. The molecule has 0 spiro atoms. The van der Waals surface area contributed by atoms with Crippen molar-refractivity contribution in [3.8, 4) is 17.2 Å². The van der Waals surface area contributed by atoms with Crippen LogP contribution in [-0.2, 0) is 0 Å². The normalized spacial score (nSPS) is 10.1. The third kappa shape index (κ3) is 5.42. The molecular weight excluding hydrogens is 324 g/mol. The van der Waals surface area contributed by atoms with Gasteiger partial charge in [0.2, 0.25) is 0 Å². The van der Waals surface area contributed by atoms with E-state index in [2.05, 4.69) is 10.6 Å². The highest BCUT2D eigenvalue weighted by Gasteiger charge is 2.09. The zero-order valence-electron chi connectivity index (χ0n) is 13.8. The van der Waals surface area contributed by atoms with Crippen LogP contribution in [0.3, 0.4) is 0 Å². The standard InChI is InChI=1S/C18H20N2O5/c1-2-25-16-5-3-12(4-6-16)17(23)19-7-8-20-18(24)13-9-14(21)11-15(22)10-13/h3-6,9-11,21-22H,2,7-8H2,1H3,(H,19,23)(H,20,24). The minimum absolute atomic E-state index is 0.135. The number of aromatic hydroxyl groups is 2. The molecule has 0 fully saturated rings. The summed E-state index contributed by atoms with van der Waals surface area (Å²) in [6.45, 7) is 2.88. The molecule has 0 atom stereocenters. The van der Waals surface area contributed by atoms with Crippen LogP contribution in [0.5, 0.6) is 17.2 Å². The Morgan fingerprint density at radius 2 is 1.40 bits per heavy atom. The number of ether oxygens (including phenoxy) is 1. The van der Waals surface area contributed by atoms with Crippen LogP contribution < -0.4 is 15.4 Å². The molecule has 0 aliphatic rings. The lowest BCUT2D eigenvalue weighted by molar-refractivity contribution is 0.0927. The molecule has 0 aliphatic carbocycles. The van der Waals surface area contributed by atoms with E-state index in [0.29, 0.717) is 17.9 Å². The smallest absolute Gasteiger partial charge is 0.251 e. The van der Waals surface area contributed by atoms with Crippen molar-refractivity contribution in [1.29, 1.82) is 0 Å². The first-order chi connectivity index (χ1) is 12.0. The van der Waals surface area contributed by atoms with Gasteiger partial charge in [0.25, 0.3) is 11.8 Å². The van der Waals surface area contributed by atoms with Gasteiger partial charge in [-0.3, -0.25) is 9.59 Å². The van der Waals surface area contributed by atoms with Gasteiger partial charge in [-0.2, -0.15) is 0 Å². The molecule has 0 saturated carbocycles. The molecule has 0 aliphatic heterocycles. The second kappa shape index (κ2) is 8.58. The molecule has 2 aromatic carbocycles. The van der Waals surface area contributed by atoms with E-state index in [-0.39, 0.29) is 36.1 Å². The van der Waals surface area contributed by atoms with Crippen molar-refractivity contribution in [3.63, 3.8) is 0 Å². The molecule has 0 saturated heterocycles. The molecule has 0 radical (unpaired) electrons. The molecule has 0 aromatic heterocycles. The lowest BCUT2D eigenvalue weighted by Gasteiger charge is -2.08. The fourth-order valence-corrected chi connectivity index (χ4v) is 2.15. The molecule has 7 nitrogen and oxygen atoms in total. The van der Waals surface area contributed by atoms with Crippen LogP contribution in [0.2, 0.25) is 0 Å². The lowest BCUT2D eigenvalue weighted by atomic mass is 10.2. The minimum Gasteiger partial charge on any atom is -0.508 e. The summed E-state index contributed by atoms with van der Waals surface area (Å²) in [5, 5.41) is 24.0. The number of benzene rings is 2. The van der Waals surface area contributed by atoms with E-state index in [4.69, 9.17) is 4.74 Å². The Bertz CT molecular complexity index is 723. The summed E-state index contributed by atoms with van der Waals surface area (Å²) in [7, 11) is 0. The summed E-state index contributed by atoms with van der Waals surface area (Å²) < 4.78 is 5.31. The summed E-state index contributed by atoms with van der Waals surface area (Å²) in [5.41, 5.74) is 0.628. The Balaban J connectivity index is 1.78. The number of hydrogen-bond acceptors (Lipinski definition) is 5. The van der Waals surface area contributed by atoms with E-state index < -0.39 is 5.91 Å². The first-order valence-electron chi connectivity index (χ1n) is 7.82. The van der Waals surface area contributed by atoms with Gasteiger partial charge < -0.3 is 25.6 Å². The number of hydrogen-bond donors (Lipinski definition) is 4. The van der Waals surface area contributed by atoms with Gasteiger partial charge in [-0.05, 0) is 43.3 Å². The van der Waals surface area contributed by atoms with Gasteiger partial charge in [-0.25, -0.2) is 0 Å². The zero-order chi connectivity index (χ0) is 18.2. The fourth-order valence-electron chi connectivity index (χ4n) is 2.15. The van der Waals surface area contributed by atoms with E-state index >= 15 is 0 Å². The van der Waals surface area contributed by atoms with Gasteiger partial charge in [0.15, 0.2) is 0 Å². The maximum absolute atomic E-state index is 12.0. The number of phenols is 2. The van der Waals surface area contributed by atoms with Gasteiger partial charge >= 0.3 is 0 Å². The lowest BCUT2D eigenvalue weighted by Crippen LogP contribution is -2.34. The van der Waals surface area contributed by atoms with Gasteiger partial charge in [0, 0.05) is 30.3 Å². The van der Waals surface area contributed by atoms with E-state index in [1.165, 1.54) is 12.1 Å². The molecule has 2 rings (SSSR count). The third-order valence-corrected chi connectivity index (χ3v) is 3.29. The Labute approximate surface area is 145 Å². The highest BCUT2D eigenvalue weighted by molar-refractivity contribution is 5.95. The molecular formula is C18H20N2O5. The van der Waals surface area contributed by atoms with Crippen molar-refractivity contribution < 1.29 is 24.5 Å². The van der Waals surface area contributed by atoms with Crippen molar-refractivity contribution in [2.75, 3.05) is 19.7 Å². The SMILES string of the molecule is CCOc1ccc(C(=O)NCCNC(=O)c2cc(O)cc(O)c2)cc1. The topological polar surface area (TPSA) is 108 Å². The molecule has 7 heteroatoms. The van der Waals surface area contributed by atoms with Gasteiger partial charge in [-0.1, -0.05) is 0 Å². The number of carbonyl (C=O) groups is 2. The van der Waals surface area contributed by atoms with Crippen LogP contribution in [0.4, 0.5) is 0 Å². The quantitative estimate of drug-likeness (QED) is 0.571. The number of phenolic OH excluding ortho intramolecular Hbond substituents is 2. The van der Waals surface area contributed by atoms with Crippen LogP contribution in [0.1, 0.15) is 27.6 Å². The molecule has 25 heavy (non-hydrogen) atoms. The van der Waals surface area contributed by atoms with Crippen molar-refractivity contribution in [2.45, 2.75) is 6.92 Å².